The molecule has 0 saturated heterocycles. The van der Waals surface area contributed by atoms with Crippen molar-refractivity contribution in [3.8, 4) is 5.69 Å². The lowest BCUT2D eigenvalue weighted by molar-refractivity contribution is -0.143. The van der Waals surface area contributed by atoms with Gasteiger partial charge in [-0.2, -0.15) is 18.3 Å². The van der Waals surface area contributed by atoms with Gasteiger partial charge in [0.1, 0.15) is 16.3 Å². The summed E-state index contributed by atoms with van der Waals surface area (Å²) in [5.74, 6) is -12.1. The molecule has 4 nitrogen and oxygen atoms in total. The Hall–Kier alpha value is -1.72. The molecule has 0 aliphatic carbocycles. The summed E-state index contributed by atoms with van der Waals surface area (Å²) in [6, 6.07) is 0. The highest BCUT2D eigenvalue weighted by Crippen LogP contribution is 2.39. The van der Waals surface area contributed by atoms with Gasteiger partial charge in [-0.3, -0.25) is 4.79 Å². The van der Waals surface area contributed by atoms with Crippen LogP contribution < -0.4 is 5.32 Å². The Morgan fingerprint density at radius 2 is 1.58 bits per heavy atom. The van der Waals surface area contributed by atoms with Gasteiger partial charge in [-0.15, -0.1) is 0 Å². The summed E-state index contributed by atoms with van der Waals surface area (Å²) in [7, 11) is 0. The van der Waals surface area contributed by atoms with E-state index in [0.29, 0.717) is 6.20 Å². The van der Waals surface area contributed by atoms with Crippen molar-refractivity contribution in [1.82, 2.24) is 9.78 Å². The first-order valence-corrected chi connectivity index (χ1v) is 7.39. The second-order valence-electron chi connectivity index (χ2n) is 4.52. The molecule has 2 rings (SSSR count). The van der Waals surface area contributed by atoms with Gasteiger partial charge in [-0.05, 0) is 0 Å². The van der Waals surface area contributed by atoms with E-state index >= 15 is 0 Å². The molecule has 2 aromatic rings. The number of aromatic nitrogens is 2. The second kappa shape index (κ2) is 7.12. The zero-order chi connectivity index (χ0) is 20.0. The van der Waals surface area contributed by atoms with Crippen molar-refractivity contribution in [2.45, 2.75) is 11.0 Å². The first-order valence-electron chi connectivity index (χ1n) is 6.14. The first kappa shape index (κ1) is 20.6. The standard InChI is InChI=1S/C12H3Cl3F7N3O/c13-2-1-23-25(10(2)24-11(26)9(14)15)8-6(18)4(16)3(12(20,21)22)5(17)7(8)19/h1,9H,(H,24,26). The van der Waals surface area contributed by atoms with E-state index in [0.717, 1.165) is 0 Å². The van der Waals surface area contributed by atoms with E-state index in [1.54, 1.807) is 0 Å². The molecule has 0 spiro atoms. The van der Waals surface area contributed by atoms with Crippen molar-refractivity contribution in [3.63, 3.8) is 0 Å². The third-order valence-electron chi connectivity index (χ3n) is 2.90. The van der Waals surface area contributed by atoms with Gasteiger partial charge in [-0.1, -0.05) is 34.8 Å². The number of nitrogens with zero attached hydrogens (tertiary/aromatic N) is 2. The Labute approximate surface area is 154 Å². The third-order valence-corrected chi connectivity index (χ3v) is 3.57. The summed E-state index contributed by atoms with van der Waals surface area (Å²) in [6.45, 7) is 0. The van der Waals surface area contributed by atoms with E-state index in [9.17, 15) is 35.5 Å². The van der Waals surface area contributed by atoms with Crippen LogP contribution >= 0.6 is 34.8 Å². The lowest BCUT2D eigenvalue weighted by Gasteiger charge is -2.16. The molecule has 0 unspecified atom stereocenters. The minimum Gasteiger partial charge on any atom is -0.307 e. The zero-order valence-corrected chi connectivity index (χ0v) is 14.0. The fraction of sp³-hybridized carbons (Fsp3) is 0.167. The van der Waals surface area contributed by atoms with Crippen molar-refractivity contribution in [2.24, 2.45) is 0 Å². The molecule has 0 atom stereocenters. The van der Waals surface area contributed by atoms with Crippen LogP contribution in [0.3, 0.4) is 0 Å². The maximum atomic E-state index is 14.1. The highest BCUT2D eigenvalue weighted by molar-refractivity contribution is 6.54. The number of alkyl halides is 5. The average molecular weight is 445 g/mol. The lowest BCUT2D eigenvalue weighted by Crippen LogP contribution is -2.23. The summed E-state index contributed by atoms with van der Waals surface area (Å²) in [5.41, 5.74) is -4.45. The SMILES string of the molecule is O=C(Nc1c(Cl)cnn1-c1c(F)c(F)c(C(F)(F)F)c(F)c1F)C(Cl)Cl. The largest absolute Gasteiger partial charge is 0.422 e. The molecule has 26 heavy (non-hydrogen) atoms. The number of hydrogen-bond donors (Lipinski definition) is 1. The summed E-state index contributed by atoms with van der Waals surface area (Å²) >= 11 is 16.2. The Balaban J connectivity index is 2.74. The maximum Gasteiger partial charge on any atom is 0.422 e. The molecule has 0 aliphatic heterocycles. The quantitative estimate of drug-likeness (QED) is 0.418. The van der Waals surface area contributed by atoms with E-state index in [-0.39, 0.29) is 4.68 Å². The number of amides is 1. The normalized spacial score (nSPS) is 12.0. The van der Waals surface area contributed by atoms with Crippen molar-refractivity contribution >= 4 is 46.5 Å². The first-order chi connectivity index (χ1) is 11.9. The van der Waals surface area contributed by atoms with Crippen molar-refractivity contribution in [3.05, 3.63) is 40.1 Å². The molecule has 0 fully saturated rings. The predicted octanol–water partition coefficient (Wildman–Crippen LogP) is 4.84. The van der Waals surface area contributed by atoms with Crippen LogP contribution in [0.1, 0.15) is 5.56 Å². The van der Waals surface area contributed by atoms with Crippen molar-refractivity contribution < 1.29 is 35.5 Å². The highest BCUT2D eigenvalue weighted by Gasteiger charge is 2.43. The van der Waals surface area contributed by atoms with E-state index in [1.165, 1.54) is 0 Å². The molecule has 1 N–H and O–H groups in total. The maximum absolute atomic E-state index is 14.1. The number of rotatable bonds is 3. The van der Waals surface area contributed by atoms with E-state index in [2.05, 4.69) is 5.10 Å². The average Bonchev–Trinajstić information content (AvgIpc) is 2.85. The van der Waals surface area contributed by atoms with Crippen LogP contribution in [0.25, 0.3) is 5.69 Å². The molecular formula is C12H3Cl3F7N3O. The fourth-order valence-corrected chi connectivity index (χ4v) is 2.12. The summed E-state index contributed by atoms with van der Waals surface area (Å²) in [4.78, 5) is 9.80. The molecule has 1 aromatic carbocycles. The van der Waals surface area contributed by atoms with Gasteiger partial charge >= 0.3 is 6.18 Å². The number of anilines is 1. The Bertz CT molecular complexity index is 853. The molecule has 142 valence electrons. The van der Waals surface area contributed by atoms with Crippen LogP contribution in [0.2, 0.25) is 5.02 Å². The van der Waals surface area contributed by atoms with E-state index < -0.39 is 62.3 Å². The predicted molar refractivity (Wildman–Crippen MR) is 77.5 cm³/mol. The van der Waals surface area contributed by atoms with Crippen LogP contribution in [-0.2, 0) is 11.0 Å². The summed E-state index contributed by atoms with van der Waals surface area (Å²) in [5, 5.41) is 4.66. The molecule has 14 heteroatoms. The van der Waals surface area contributed by atoms with E-state index in [1.807, 2.05) is 5.32 Å². The molecular weight excluding hydrogens is 441 g/mol. The Morgan fingerprint density at radius 1 is 1.08 bits per heavy atom. The number of nitrogens with one attached hydrogen (secondary N) is 1. The molecule has 1 amide bonds. The van der Waals surface area contributed by atoms with Gasteiger partial charge < -0.3 is 5.32 Å². The summed E-state index contributed by atoms with van der Waals surface area (Å²) in [6.07, 6.45) is -5.02. The molecule has 0 bridgehead atoms. The number of carbonyl (C=O) groups excluding carboxylic acids is 1. The fourth-order valence-electron chi connectivity index (χ4n) is 1.84. The number of carbonyl (C=O) groups is 1. The van der Waals surface area contributed by atoms with Crippen LogP contribution in [0.5, 0.6) is 0 Å². The smallest absolute Gasteiger partial charge is 0.307 e. The van der Waals surface area contributed by atoms with Gasteiger partial charge in [0.2, 0.25) is 0 Å². The van der Waals surface area contributed by atoms with Gasteiger partial charge in [0, 0.05) is 0 Å². The van der Waals surface area contributed by atoms with Gasteiger partial charge in [0.15, 0.2) is 33.9 Å². The third kappa shape index (κ3) is 3.55. The van der Waals surface area contributed by atoms with E-state index in [4.69, 9.17) is 34.8 Å². The topological polar surface area (TPSA) is 46.9 Å². The van der Waals surface area contributed by atoms with Crippen LogP contribution in [0.15, 0.2) is 6.20 Å². The van der Waals surface area contributed by atoms with Crippen LogP contribution in [0.4, 0.5) is 36.6 Å². The van der Waals surface area contributed by atoms with Crippen LogP contribution in [-0.4, -0.2) is 20.5 Å². The molecule has 0 saturated carbocycles. The molecule has 0 aliphatic rings. The molecule has 0 radical (unpaired) electrons. The monoisotopic (exact) mass is 443 g/mol. The van der Waals surface area contributed by atoms with Gasteiger partial charge in [0.05, 0.1) is 6.20 Å². The van der Waals surface area contributed by atoms with Gasteiger partial charge in [-0.25, -0.2) is 22.2 Å². The van der Waals surface area contributed by atoms with Gasteiger partial charge in [0.25, 0.3) is 5.91 Å². The van der Waals surface area contributed by atoms with Crippen LogP contribution in [0, 0.1) is 23.3 Å². The second-order valence-corrected chi connectivity index (χ2v) is 6.02. The minimum absolute atomic E-state index is 0.0490. The summed E-state index contributed by atoms with van der Waals surface area (Å²) < 4.78 is 93.4. The van der Waals surface area contributed by atoms with Crippen molar-refractivity contribution in [1.29, 1.82) is 0 Å². The number of benzene rings is 1. The number of halogens is 10. The Morgan fingerprint density at radius 3 is 2.00 bits per heavy atom. The zero-order valence-electron chi connectivity index (χ0n) is 11.7. The minimum atomic E-state index is -5.71. The molecule has 1 heterocycles. The lowest BCUT2D eigenvalue weighted by atomic mass is 10.1. The number of hydrogen-bond acceptors (Lipinski definition) is 2. The van der Waals surface area contributed by atoms with Crippen molar-refractivity contribution in [2.75, 3.05) is 5.32 Å². The Kier molecular flexibility index (Phi) is 5.64. The molecule has 1 aromatic heterocycles. The highest BCUT2D eigenvalue weighted by atomic mass is 35.5.